The van der Waals surface area contributed by atoms with Crippen LogP contribution < -0.4 is 43.8 Å². The number of hydrogen-bond acceptors (Lipinski definition) is 11. The second kappa shape index (κ2) is 25.6. The summed E-state index contributed by atoms with van der Waals surface area (Å²) in [6.45, 7) is 7.40. The molecule has 6 amide bonds. The van der Waals surface area contributed by atoms with E-state index in [0.717, 1.165) is 0 Å². The number of hydrogen-bond donors (Lipinski definition) is 11. The Balaban J connectivity index is 1.55. The molecule has 0 bridgehead atoms. The molecule has 4 rings (SSSR count). The number of nitrogens with two attached hydrogens (primary N) is 3. The maximum atomic E-state index is 14.5. The maximum Gasteiger partial charge on any atom is 0.326 e. The van der Waals surface area contributed by atoms with Crippen LogP contribution in [0.5, 0.6) is 5.75 Å². The lowest BCUT2D eigenvalue weighted by molar-refractivity contribution is -0.145. The number of carboxylic acids is 1. The molecule has 0 aliphatic carbocycles. The number of benzene rings is 2. The molecule has 0 spiro atoms. The summed E-state index contributed by atoms with van der Waals surface area (Å²) in [4.78, 5) is 109. The number of aromatic amines is 1. The zero-order chi connectivity index (χ0) is 49.2. The Bertz CT molecular complexity index is 2150. The van der Waals surface area contributed by atoms with Crippen LogP contribution in [-0.4, -0.2) is 128 Å². The minimum Gasteiger partial charge on any atom is -0.508 e. The van der Waals surface area contributed by atoms with Gasteiger partial charge in [0.2, 0.25) is 35.4 Å². The van der Waals surface area contributed by atoms with Gasteiger partial charge in [-0.15, -0.1) is 0 Å². The predicted octanol–water partition coefficient (Wildman–Crippen LogP) is -0.274. The van der Waals surface area contributed by atoms with Gasteiger partial charge in [0.05, 0.1) is 12.4 Å². The van der Waals surface area contributed by atoms with Gasteiger partial charge in [-0.1, -0.05) is 76.6 Å². The van der Waals surface area contributed by atoms with E-state index in [-0.39, 0.29) is 56.9 Å². The number of aliphatic carboxylic acids is 1. The van der Waals surface area contributed by atoms with Gasteiger partial charge < -0.3 is 63.9 Å². The molecule has 1 aliphatic rings. The predicted molar refractivity (Wildman–Crippen MR) is 248 cm³/mol. The van der Waals surface area contributed by atoms with E-state index in [1.54, 1.807) is 63.2 Å². The number of amides is 6. The number of carbonyl (C=O) groups is 7. The van der Waals surface area contributed by atoms with Crippen molar-refractivity contribution in [3.05, 3.63) is 83.9 Å². The molecule has 14 N–H and O–H groups in total. The molecule has 364 valence electrons. The fraction of sp³-hybridized carbons (Fsp3) is 0.500. The maximum absolute atomic E-state index is 14.5. The molecule has 2 aromatic carbocycles. The van der Waals surface area contributed by atoms with Crippen LogP contribution in [0.15, 0.2) is 72.1 Å². The summed E-state index contributed by atoms with van der Waals surface area (Å²) in [5, 5.41) is 33.6. The minimum absolute atomic E-state index is 0.0212. The molecule has 1 saturated heterocycles. The molecule has 0 saturated carbocycles. The van der Waals surface area contributed by atoms with Crippen LogP contribution in [0.3, 0.4) is 0 Å². The number of phenols is 1. The molecule has 1 fully saturated rings. The SMILES string of the molecule is CC[C@@H](C)[C@H](NC(=O)[C@@H](Cc1ccc(O)cc1)NC(=O)[C@H](NC(=O)[C@H](N)CCCN=C(N)N)C(C)C)C(=O)N[C@@H](Cc1cnc[nH]1)C(=O)N1CCC[C@@H]1C(=O)N[C@@H](Cc1ccccc1)C(=O)O. The lowest BCUT2D eigenvalue weighted by Gasteiger charge is -2.32. The summed E-state index contributed by atoms with van der Waals surface area (Å²) in [5.74, 6) is -6.30. The van der Waals surface area contributed by atoms with Gasteiger partial charge >= 0.3 is 5.97 Å². The van der Waals surface area contributed by atoms with Gasteiger partial charge in [0, 0.05) is 44.2 Å². The zero-order valence-electron chi connectivity index (χ0n) is 38.4. The van der Waals surface area contributed by atoms with Crippen molar-refractivity contribution in [2.24, 2.45) is 34.0 Å². The molecule has 1 aliphatic heterocycles. The highest BCUT2D eigenvalue weighted by atomic mass is 16.4. The third-order valence-corrected chi connectivity index (χ3v) is 11.7. The van der Waals surface area contributed by atoms with E-state index in [4.69, 9.17) is 17.2 Å². The standard InChI is InChI=1S/C46H66N12O9/c1-5-27(4)38(57-40(61)33(21-29-15-17-31(59)18-16-29)53-42(63)37(26(2)3)56-39(60)32(47)13-9-19-51-46(48)49)43(64)54-34(23-30-24-50-25-52-30)44(65)58-20-10-14-36(58)41(62)55-35(45(66)67)22-28-11-7-6-8-12-28/h6-8,11-12,15-18,24-27,32-38,59H,5,9-10,13-14,19-23,47H2,1-4H3,(H,50,52)(H,53,63)(H,54,64)(H,55,62)(H,56,60)(H,57,61)(H,66,67)(H4,48,49,51)/t27-,32-,33-,34+,35+,36-,37-,38+/m1/s1. The number of aliphatic imine (C=N–C) groups is 1. The van der Waals surface area contributed by atoms with E-state index in [9.17, 15) is 43.8 Å². The first-order chi connectivity index (χ1) is 31.9. The molecule has 21 heteroatoms. The topological polar surface area (TPSA) is 342 Å². The number of imidazole rings is 1. The third-order valence-electron chi connectivity index (χ3n) is 11.7. The van der Waals surface area contributed by atoms with Crippen molar-refractivity contribution < 1.29 is 43.8 Å². The van der Waals surface area contributed by atoms with Crippen LogP contribution in [0.25, 0.3) is 0 Å². The summed E-state index contributed by atoms with van der Waals surface area (Å²) in [6, 6.07) is 6.64. The molecule has 3 aromatic rings. The molecule has 21 nitrogen and oxygen atoms in total. The van der Waals surface area contributed by atoms with Crippen LogP contribution in [0.4, 0.5) is 0 Å². The number of aromatic nitrogens is 2. The lowest BCUT2D eigenvalue weighted by Crippen LogP contribution is -2.61. The Morgan fingerprint density at radius 3 is 2.04 bits per heavy atom. The Morgan fingerprint density at radius 2 is 1.43 bits per heavy atom. The van der Waals surface area contributed by atoms with Crippen molar-refractivity contribution in [2.75, 3.05) is 13.1 Å². The van der Waals surface area contributed by atoms with Gasteiger partial charge in [-0.05, 0) is 60.8 Å². The van der Waals surface area contributed by atoms with Crippen LogP contribution in [0.1, 0.15) is 76.6 Å². The van der Waals surface area contributed by atoms with Gasteiger partial charge in [0.1, 0.15) is 42.0 Å². The highest BCUT2D eigenvalue weighted by Gasteiger charge is 2.41. The number of likely N-dealkylation sites (tertiary alicyclic amines) is 1. The van der Waals surface area contributed by atoms with Gasteiger partial charge in [-0.25, -0.2) is 9.78 Å². The summed E-state index contributed by atoms with van der Waals surface area (Å²) in [7, 11) is 0. The summed E-state index contributed by atoms with van der Waals surface area (Å²) < 4.78 is 0. The number of H-pyrrole nitrogens is 1. The van der Waals surface area contributed by atoms with E-state index < -0.39 is 95.5 Å². The molecule has 0 radical (unpaired) electrons. The summed E-state index contributed by atoms with van der Waals surface area (Å²) >= 11 is 0. The Kier molecular flexibility index (Phi) is 20.1. The van der Waals surface area contributed by atoms with Crippen LogP contribution in [-0.2, 0) is 52.8 Å². The van der Waals surface area contributed by atoms with Crippen molar-refractivity contribution in [3.8, 4) is 5.75 Å². The van der Waals surface area contributed by atoms with E-state index in [0.29, 0.717) is 36.1 Å². The number of guanidine groups is 1. The first-order valence-corrected chi connectivity index (χ1v) is 22.5. The van der Waals surface area contributed by atoms with Crippen molar-refractivity contribution in [1.82, 2.24) is 41.5 Å². The number of nitrogens with zero attached hydrogens (tertiary/aromatic N) is 3. The quantitative estimate of drug-likeness (QED) is 0.0297. The smallest absolute Gasteiger partial charge is 0.326 e. The van der Waals surface area contributed by atoms with Gasteiger partial charge in [0.25, 0.3) is 0 Å². The first-order valence-electron chi connectivity index (χ1n) is 22.5. The number of phenolic OH excluding ortho intramolecular Hbond substituents is 1. The average Bonchev–Trinajstić information content (AvgIpc) is 4.01. The number of carbonyl (C=O) groups excluding carboxylic acids is 6. The zero-order valence-corrected chi connectivity index (χ0v) is 38.4. The molecule has 67 heavy (non-hydrogen) atoms. The molecule has 0 unspecified atom stereocenters. The largest absolute Gasteiger partial charge is 0.508 e. The van der Waals surface area contributed by atoms with E-state index in [1.165, 1.54) is 29.6 Å². The highest BCUT2D eigenvalue weighted by Crippen LogP contribution is 2.21. The molecule has 8 atom stereocenters. The van der Waals surface area contributed by atoms with Crippen LogP contribution in [0, 0.1) is 11.8 Å². The van der Waals surface area contributed by atoms with Crippen molar-refractivity contribution >= 4 is 47.4 Å². The summed E-state index contributed by atoms with van der Waals surface area (Å²) in [5.41, 5.74) is 18.6. The second-order valence-corrected chi connectivity index (χ2v) is 17.2. The molecule has 2 heterocycles. The number of rotatable bonds is 25. The summed E-state index contributed by atoms with van der Waals surface area (Å²) in [6.07, 6.45) is 4.52. The first kappa shape index (κ1) is 52.6. The van der Waals surface area contributed by atoms with Gasteiger partial charge in [-0.2, -0.15) is 0 Å². The Hall–Kier alpha value is -7.03. The van der Waals surface area contributed by atoms with E-state index >= 15 is 0 Å². The highest BCUT2D eigenvalue weighted by molar-refractivity contribution is 5.97. The normalized spacial score (nSPS) is 16.6. The van der Waals surface area contributed by atoms with Crippen molar-refractivity contribution in [2.45, 2.75) is 121 Å². The molecule has 1 aromatic heterocycles. The lowest BCUT2D eigenvalue weighted by atomic mass is 9.96. The number of nitrogens with one attached hydrogen (secondary N) is 6. The van der Waals surface area contributed by atoms with Crippen molar-refractivity contribution in [3.63, 3.8) is 0 Å². The second-order valence-electron chi connectivity index (χ2n) is 17.2. The van der Waals surface area contributed by atoms with E-state index in [2.05, 4.69) is 41.5 Å². The average molecular weight is 931 g/mol. The number of carboxylic acid groups (broad SMARTS) is 1. The van der Waals surface area contributed by atoms with Gasteiger partial charge in [0.15, 0.2) is 5.96 Å². The van der Waals surface area contributed by atoms with Crippen LogP contribution >= 0.6 is 0 Å². The Morgan fingerprint density at radius 1 is 0.806 bits per heavy atom. The molecular weight excluding hydrogens is 865 g/mol. The molecular formula is C46H66N12O9. The number of aromatic hydroxyl groups is 1. The Labute approximate surface area is 389 Å². The minimum atomic E-state index is -1.30. The third kappa shape index (κ3) is 16.1. The fourth-order valence-corrected chi connectivity index (χ4v) is 7.64. The van der Waals surface area contributed by atoms with Gasteiger partial charge in [-0.3, -0.25) is 33.8 Å². The van der Waals surface area contributed by atoms with Crippen molar-refractivity contribution in [1.29, 1.82) is 0 Å². The van der Waals surface area contributed by atoms with E-state index in [1.807, 2.05) is 6.92 Å². The monoisotopic (exact) mass is 931 g/mol. The van der Waals surface area contributed by atoms with Crippen LogP contribution in [0.2, 0.25) is 0 Å². The fourth-order valence-electron chi connectivity index (χ4n) is 7.64.